The predicted molar refractivity (Wildman–Crippen MR) is 44.6 cm³/mol. The number of thioether (sulfide) groups is 1. The Balaban J connectivity index is 4.34. The average Bonchev–Trinajstić information content (AvgIpc) is 1.86. The van der Waals surface area contributed by atoms with Crippen LogP contribution in [0.5, 0.6) is 0 Å². The van der Waals surface area contributed by atoms with E-state index in [9.17, 15) is 9.59 Å². The molecule has 0 saturated heterocycles. The highest BCUT2D eigenvalue weighted by Gasteiger charge is 2.33. The van der Waals surface area contributed by atoms with Gasteiger partial charge in [0.05, 0.1) is 0 Å². The van der Waals surface area contributed by atoms with E-state index in [1.807, 2.05) is 0 Å². The quantitative estimate of drug-likeness (QED) is 0.708. The normalized spacial score (nSPS) is 15.5. The zero-order chi connectivity index (χ0) is 9.07. The lowest BCUT2D eigenvalue weighted by molar-refractivity contribution is -0.139. The largest absolute Gasteiger partial charge is 0.480 e. The Morgan fingerprint density at radius 3 is 2.09 bits per heavy atom. The summed E-state index contributed by atoms with van der Waals surface area (Å²) >= 11 is 0.872. The Labute approximate surface area is 70.2 Å². The van der Waals surface area contributed by atoms with Gasteiger partial charge >= 0.3 is 5.97 Å². The standard InChI is InChI=1S/C7H12O3S/c1-4-7(3,6(9)10)11-5(2)8/h4H2,1-3H3,(H,9,10). The number of hydrogen-bond donors (Lipinski definition) is 1. The number of rotatable bonds is 3. The van der Waals surface area contributed by atoms with Crippen molar-refractivity contribution in [2.75, 3.05) is 0 Å². The van der Waals surface area contributed by atoms with Gasteiger partial charge in [0.1, 0.15) is 4.75 Å². The molecule has 11 heavy (non-hydrogen) atoms. The second-order valence-corrected chi connectivity index (χ2v) is 4.16. The molecule has 0 spiro atoms. The third-order valence-corrected chi connectivity index (χ3v) is 2.70. The van der Waals surface area contributed by atoms with E-state index < -0.39 is 10.7 Å². The van der Waals surface area contributed by atoms with E-state index in [4.69, 9.17) is 5.11 Å². The molecule has 3 nitrogen and oxygen atoms in total. The Morgan fingerprint density at radius 1 is 1.55 bits per heavy atom. The fraction of sp³-hybridized carbons (Fsp3) is 0.714. The molecule has 0 aliphatic carbocycles. The van der Waals surface area contributed by atoms with Gasteiger partial charge in [0.15, 0.2) is 5.12 Å². The summed E-state index contributed by atoms with van der Waals surface area (Å²) in [6.07, 6.45) is 0.451. The van der Waals surface area contributed by atoms with Gasteiger partial charge in [-0.25, -0.2) is 0 Å². The number of carbonyl (C=O) groups excluding carboxylic acids is 1. The summed E-state index contributed by atoms with van der Waals surface area (Å²) in [6, 6.07) is 0. The summed E-state index contributed by atoms with van der Waals surface area (Å²) in [4.78, 5) is 21.2. The number of carboxylic acids is 1. The Bertz CT molecular complexity index is 179. The fourth-order valence-corrected chi connectivity index (χ4v) is 1.45. The van der Waals surface area contributed by atoms with Crippen LogP contribution in [0.2, 0.25) is 0 Å². The first kappa shape index (κ1) is 10.5. The molecule has 1 unspecified atom stereocenters. The van der Waals surface area contributed by atoms with Gasteiger partial charge in [-0.1, -0.05) is 18.7 Å². The zero-order valence-electron chi connectivity index (χ0n) is 6.88. The van der Waals surface area contributed by atoms with Crippen molar-refractivity contribution >= 4 is 22.8 Å². The highest BCUT2D eigenvalue weighted by Crippen LogP contribution is 2.28. The molecule has 0 aliphatic heterocycles. The van der Waals surface area contributed by atoms with Gasteiger partial charge in [-0.2, -0.15) is 0 Å². The Morgan fingerprint density at radius 2 is 2.00 bits per heavy atom. The second kappa shape index (κ2) is 3.76. The molecule has 0 saturated carbocycles. The first-order valence-corrected chi connectivity index (χ1v) is 4.17. The van der Waals surface area contributed by atoms with Crippen molar-refractivity contribution in [2.45, 2.75) is 31.9 Å². The van der Waals surface area contributed by atoms with Crippen LogP contribution in [-0.4, -0.2) is 20.9 Å². The van der Waals surface area contributed by atoms with Crippen LogP contribution in [0.25, 0.3) is 0 Å². The molecule has 0 aromatic rings. The van der Waals surface area contributed by atoms with E-state index in [-0.39, 0.29) is 5.12 Å². The lowest BCUT2D eigenvalue weighted by Crippen LogP contribution is -2.31. The molecule has 1 N–H and O–H groups in total. The lowest BCUT2D eigenvalue weighted by atomic mass is 10.1. The van der Waals surface area contributed by atoms with E-state index in [0.29, 0.717) is 6.42 Å². The summed E-state index contributed by atoms with van der Waals surface area (Å²) in [5, 5.41) is 8.55. The van der Waals surface area contributed by atoms with Crippen molar-refractivity contribution in [1.29, 1.82) is 0 Å². The third-order valence-electron chi connectivity index (χ3n) is 1.50. The number of hydrogen-bond acceptors (Lipinski definition) is 3. The maximum absolute atomic E-state index is 10.6. The second-order valence-electron chi connectivity index (χ2n) is 2.48. The highest BCUT2D eigenvalue weighted by molar-refractivity contribution is 8.15. The minimum Gasteiger partial charge on any atom is -0.480 e. The molecule has 0 rings (SSSR count). The van der Waals surface area contributed by atoms with Crippen LogP contribution in [0.15, 0.2) is 0 Å². The van der Waals surface area contributed by atoms with Crippen LogP contribution in [-0.2, 0) is 9.59 Å². The summed E-state index contributed by atoms with van der Waals surface area (Å²) in [6.45, 7) is 4.69. The predicted octanol–water partition coefficient (Wildman–Crippen LogP) is 1.52. The molecule has 1 atom stereocenters. The first-order chi connectivity index (χ1) is 4.92. The molecular formula is C7H12O3S. The van der Waals surface area contributed by atoms with Crippen LogP contribution < -0.4 is 0 Å². The van der Waals surface area contributed by atoms with Gasteiger partial charge in [-0.3, -0.25) is 9.59 Å². The van der Waals surface area contributed by atoms with Crippen LogP contribution >= 0.6 is 11.8 Å². The Kier molecular flexibility index (Phi) is 3.58. The molecule has 0 fully saturated rings. The van der Waals surface area contributed by atoms with E-state index in [1.54, 1.807) is 13.8 Å². The van der Waals surface area contributed by atoms with Crippen molar-refractivity contribution in [1.82, 2.24) is 0 Å². The van der Waals surface area contributed by atoms with Gasteiger partial charge in [-0.05, 0) is 13.3 Å². The van der Waals surface area contributed by atoms with Crippen LogP contribution in [0, 0.1) is 0 Å². The molecule has 0 bridgehead atoms. The van der Waals surface area contributed by atoms with Crippen molar-refractivity contribution in [2.24, 2.45) is 0 Å². The van der Waals surface area contributed by atoms with E-state index >= 15 is 0 Å². The average molecular weight is 176 g/mol. The molecule has 0 aromatic carbocycles. The molecular weight excluding hydrogens is 164 g/mol. The molecule has 4 heteroatoms. The van der Waals surface area contributed by atoms with Crippen molar-refractivity contribution in [3.05, 3.63) is 0 Å². The molecule has 0 amide bonds. The maximum Gasteiger partial charge on any atom is 0.319 e. The monoisotopic (exact) mass is 176 g/mol. The SMILES string of the molecule is CCC(C)(SC(C)=O)C(=O)O. The molecule has 0 heterocycles. The van der Waals surface area contributed by atoms with Crippen LogP contribution in [0.1, 0.15) is 27.2 Å². The summed E-state index contributed by atoms with van der Waals surface area (Å²) in [5.74, 6) is -0.930. The first-order valence-electron chi connectivity index (χ1n) is 3.35. The Hall–Kier alpha value is -0.510. The summed E-state index contributed by atoms with van der Waals surface area (Å²) < 4.78 is -0.953. The van der Waals surface area contributed by atoms with Crippen molar-refractivity contribution < 1.29 is 14.7 Å². The third kappa shape index (κ3) is 2.93. The minimum atomic E-state index is -0.953. The van der Waals surface area contributed by atoms with E-state index in [0.717, 1.165) is 11.8 Å². The zero-order valence-corrected chi connectivity index (χ0v) is 7.70. The van der Waals surface area contributed by atoms with E-state index in [1.165, 1.54) is 6.92 Å². The van der Waals surface area contributed by atoms with Crippen LogP contribution in [0.4, 0.5) is 0 Å². The lowest BCUT2D eigenvalue weighted by Gasteiger charge is -2.19. The topological polar surface area (TPSA) is 54.4 Å². The number of aliphatic carboxylic acids is 1. The smallest absolute Gasteiger partial charge is 0.319 e. The molecule has 0 aliphatic rings. The fourth-order valence-electron chi connectivity index (χ4n) is 0.584. The summed E-state index contributed by atoms with van der Waals surface area (Å²) in [7, 11) is 0. The van der Waals surface area contributed by atoms with Crippen LogP contribution in [0.3, 0.4) is 0 Å². The van der Waals surface area contributed by atoms with Gasteiger partial charge in [0.25, 0.3) is 0 Å². The van der Waals surface area contributed by atoms with Gasteiger partial charge in [0, 0.05) is 6.92 Å². The van der Waals surface area contributed by atoms with Gasteiger partial charge in [-0.15, -0.1) is 0 Å². The highest BCUT2D eigenvalue weighted by atomic mass is 32.2. The summed E-state index contributed by atoms with van der Waals surface area (Å²) in [5.41, 5.74) is 0. The van der Waals surface area contributed by atoms with Gasteiger partial charge in [0.2, 0.25) is 0 Å². The molecule has 64 valence electrons. The minimum absolute atomic E-state index is 0.156. The van der Waals surface area contributed by atoms with Crippen molar-refractivity contribution in [3.8, 4) is 0 Å². The molecule has 0 radical (unpaired) electrons. The number of carboxylic acid groups (broad SMARTS) is 1. The van der Waals surface area contributed by atoms with E-state index in [2.05, 4.69) is 0 Å². The van der Waals surface area contributed by atoms with Gasteiger partial charge < -0.3 is 5.11 Å². The van der Waals surface area contributed by atoms with Crippen molar-refractivity contribution in [3.63, 3.8) is 0 Å². The maximum atomic E-state index is 10.6. The molecule has 0 aromatic heterocycles. The number of carbonyl (C=O) groups is 2.